The third kappa shape index (κ3) is 34.5. The van der Waals surface area contributed by atoms with Crippen LogP contribution in [0.3, 0.4) is 0 Å². The molecule has 3 heterocycles. The van der Waals surface area contributed by atoms with Crippen LogP contribution in [0.25, 0.3) is 0 Å². The maximum absolute atomic E-state index is 13.4. The van der Waals surface area contributed by atoms with Crippen LogP contribution in [0.4, 0.5) is 0 Å². The van der Waals surface area contributed by atoms with Gasteiger partial charge < -0.3 is 89.9 Å². The molecule has 17 atom stereocenters. The van der Waals surface area contributed by atoms with E-state index in [0.717, 1.165) is 38.5 Å². The number of amides is 1. The predicted octanol–water partition coefficient (Wildman–Crippen LogP) is 9.83. The first-order valence-electron chi connectivity index (χ1n) is 36.1. The Morgan fingerprint density at radius 1 is 0.393 bits per heavy atom. The molecule has 19 nitrogen and oxygen atoms in total. The summed E-state index contributed by atoms with van der Waals surface area (Å²) in [7, 11) is 0. The number of unbranched alkanes of at least 4 members (excludes halogenated alkanes) is 38. The van der Waals surface area contributed by atoms with Gasteiger partial charge in [0.05, 0.1) is 38.6 Å². The van der Waals surface area contributed by atoms with E-state index in [1.807, 2.05) is 6.08 Å². The average molecular weight is 1270 g/mol. The van der Waals surface area contributed by atoms with Gasteiger partial charge in [-0.15, -0.1) is 0 Å². The minimum absolute atomic E-state index is 0.241. The molecular weight excluding hydrogens is 1140 g/mol. The van der Waals surface area contributed by atoms with Gasteiger partial charge in [-0.2, -0.15) is 0 Å². The third-order valence-corrected chi connectivity index (χ3v) is 18.3. The number of ether oxygens (including phenoxy) is 6. The summed E-state index contributed by atoms with van der Waals surface area (Å²) in [5.74, 6) is -0.280. The number of carbonyl (C=O) groups excluding carboxylic acids is 1. The summed E-state index contributed by atoms with van der Waals surface area (Å²) in [5.41, 5.74) is 0. The molecule has 0 aromatic carbocycles. The summed E-state index contributed by atoms with van der Waals surface area (Å²) in [5, 5.41) is 120. The van der Waals surface area contributed by atoms with E-state index in [2.05, 4.69) is 31.3 Å². The standard InChI is InChI=1S/C70H131NO18/c1-3-5-7-9-11-13-15-17-19-20-21-22-23-24-25-26-27-28-29-30-31-32-34-36-38-40-42-44-46-48-58(76)71-53(54(75)47-45-43-41-39-37-35-33-18-16-14-12-10-8-6-4-2)52-84-68-64(82)61(79)66(56(50-73)86-68)89-70-65(83)62(80)67(57(51-74)87-70)88-69-63(81)60(78)59(77)55(49-72)85-69/h37,39,45,47,53-57,59-70,72-75,77-83H,3-36,38,40-44,46,48-52H2,1-2H3,(H,71,76)/b39-37+,47-45+. The summed E-state index contributed by atoms with van der Waals surface area (Å²) in [4.78, 5) is 13.4. The Morgan fingerprint density at radius 3 is 1.12 bits per heavy atom. The fourth-order valence-corrected chi connectivity index (χ4v) is 12.4. The second-order valence-corrected chi connectivity index (χ2v) is 26.1. The minimum Gasteiger partial charge on any atom is -0.394 e. The molecule has 3 fully saturated rings. The van der Waals surface area contributed by atoms with Crippen molar-refractivity contribution >= 4 is 5.91 Å². The molecule has 0 aromatic heterocycles. The quantitative estimate of drug-likeness (QED) is 0.0199. The van der Waals surface area contributed by atoms with E-state index in [0.29, 0.717) is 12.8 Å². The van der Waals surface area contributed by atoms with Gasteiger partial charge in [-0.25, -0.2) is 0 Å². The van der Waals surface area contributed by atoms with Gasteiger partial charge in [-0.1, -0.05) is 269 Å². The van der Waals surface area contributed by atoms with Crippen LogP contribution in [0.1, 0.15) is 284 Å². The van der Waals surface area contributed by atoms with E-state index in [1.54, 1.807) is 6.08 Å². The van der Waals surface area contributed by atoms with Crippen LogP contribution >= 0.6 is 0 Å². The molecule has 3 rings (SSSR count). The molecule has 3 aliphatic heterocycles. The molecular formula is C70H131NO18. The van der Waals surface area contributed by atoms with Crippen molar-refractivity contribution in [2.45, 2.75) is 388 Å². The lowest BCUT2D eigenvalue weighted by atomic mass is 9.96. The minimum atomic E-state index is -1.98. The number of hydrogen-bond acceptors (Lipinski definition) is 18. The topological polar surface area (TPSA) is 307 Å². The molecule has 524 valence electrons. The Hall–Kier alpha value is -1.73. The largest absolute Gasteiger partial charge is 0.394 e. The molecule has 19 heteroatoms. The molecule has 3 aliphatic rings. The lowest BCUT2D eigenvalue weighted by Crippen LogP contribution is -2.66. The van der Waals surface area contributed by atoms with E-state index >= 15 is 0 Å². The maximum Gasteiger partial charge on any atom is 0.220 e. The van der Waals surface area contributed by atoms with Crippen LogP contribution < -0.4 is 5.32 Å². The van der Waals surface area contributed by atoms with E-state index in [4.69, 9.17) is 28.4 Å². The number of carbonyl (C=O) groups is 1. The Kier molecular flexibility index (Phi) is 48.1. The summed E-state index contributed by atoms with van der Waals surface area (Å²) in [6.07, 6.45) is 33.2. The van der Waals surface area contributed by atoms with Gasteiger partial charge in [-0.3, -0.25) is 4.79 Å². The fraction of sp³-hybridized carbons (Fsp3) is 0.929. The molecule has 1 amide bonds. The molecule has 0 spiro atoms. The van der Waals surface area contributed by atoms with E-state index < -0.39 is 124 Å². The SMILES string of the molecule is CCCCCCCCCCC/C=C/CC/C=C/C(O)C(COC1OC(CO)C(OC2OC(CO)C(OC3OC(CO)C(O)C(O)C3O)C(O)C2O)C(O)C1O)NC(=O)CCCCCCCCCCCCCCCCCCCCCCCCCCCCCCC. The smallest absolute Gasteiger partial charge is 0.220 e. The lowest BCUT2D eigenvalue weighted by Gasteiger charge is -2.48. The monoisotopic (exact) mass is 1270 g/mol. The van der Waals surface area contributed by atoms with Gasteiger partial charge in [0.1, 0.15) is 73.2 Å². The zero-order valence-electron chi connectivity index (χ0n) is 55.4. The Morgan fingerprint density at radius 2 is 0.719 bits per heavy atom. The molecule has 89 heavy (non-hydrogen) atoms. The Labute approximate surface area is 537 Å². The van der Waals surface area contributed by atoms with Gasteiger partial charge in [0.2, 0.25) is 5.91 Å². The highest BCUT2D eigenvalue weighted by atomic mass is 16.8. The van der Waals surface area contributed by atoms with Crippen molar-refractivity contribution in [1.82, 2.24) is 5.32 Å². The highest BCUT2D eigenvalue weighted by molar-refractivity contribution is 5.76. The van der Waals surface area contributed by atoms with Gasteiger partial charge >= 0.3 is 0 Å². The van der Waals surface area contributed by atoms with Crippen molar-refractivity contribution in [1.29, 1.82) is 0 Å². The van der Waals surface area contributed by atoms with E-state index in [9.17, 15) is 61.0 Å². The van der Waals surface area contributed by atoms with Crippen LogP contribution in [0.5, 0.6) is 0 Å². The van der Waals surface area contributed by atoms with Crippen LogP contribution in [0, 0.1) is 0 Å². The highest BCUT2D eigenvalue weighted by Gasteiger charge is 2.53. The number of hydrogen-bond donors (Lipinski definition) is 12. The van der Waals surface area contributed by atoms with Crippen molar-refractivity contribution in [3.05, 3.63) is 24.3 Å². The van der Waals surface area contributed by atoms with Crippen LogP contribution in [0.2, 0.25) is 0 Å². The predicted molar refractivity (Wildman–Crippen MR) is 346 cm³/mol. The molecule has 0 radical (unpaired) electrons. The molecule has 0 aromatic rings. The average Bonchev–Trinajstić information content (AvgIpc) is 1.98. The number of aliphatic hydroxyl groups excluding tert-OH is 11. The Bertz CT molecular complexity index is 1710. The zero-order valence-corrected chi connectivity index (χ0v) is 55.4. The number of nitrogens with one attached hydrogen (secondary N) is 1. The fourth-order valence-electron chi connectivity index (χ4n) is 12.4. The summed E-state index contributed by atoms with van der Waals surface area (Å²) >= 11 is 0. The normalized spacial score (nSPS) is 28.3. The first-order valence-corrected chi connectivity index (χ1v) is 36.1. The molecule has 3 saturated heterocycles. The van der Waals surface area contributed by atoms with Crippen LogP contribution in [0.15, 0.2) is 24.3 Å². The zero-order chi connectivity index (χ0) is 64.7. The van der Waals surface area contributed by atoms with Crippen molar-refractivity contribution in [3.63, 3.8) is 0 Å². The number of aliphatic hydroxyl groups is 11. The highest BCUT2D eigenvalue weighted by Crippen LogP contribution is 2.33. The van der Waals surface area contributed by atoms with E-state index in [1.165, 1.54) is 212 Å². The maximum atomic E-state index is 13.4. The summed E-state index contributed by atoms with van der Waals surface area (Å²) in [6.45, 7) is 1.74. The van der Waals surface area contributed by atoms with E-state index in [-0.39, 0.29) is 18.9 Å². The first-order chi connectivity index (χ1) is 43.3. The van der Waals surface area contributed by atoms with Gasteiger partial charge in [-0.05, 0) is 32.1 Å². The van der Waals surface area contributed by atoms with Crippen LogP contribution in [-0.2, 0) is 33.2 Å². The summed E-state index contributed by atoms with van der Waals surface area (Å²) < 4.78 is 34.3. The van der Waals surface area contributed by atoms with Crippen molar-refractivity contribution in [2.24, 2.45) is 0 Å². The summed E-state index contributed by atoms with van der Waals surface area (Å²) in [6, 6.07) is -0.986. The number of allylic oxidation sites excluding steroid dienone is 3. The first kappa shape index (κ1) is 81.5. The van der Waals surface area contributed by atoms with Gasteiger partial charge in [0.25, 0.3) is 0 Å². The molecule has 0 saturated carbocycles. The number of rotatable bonds is 56. The third-order valence-electron chi connectivity index (χ3n) is 18.3. The molecule has 12 N–H and O–H groups in total. The van der Waals surface area contributed by atoms with Crippen molar-refractivity contribution in [3.8, 4) is 0 Å². The Balaban J connectivity index is 1.39. The van der Waals surface area contributed by atoms with Gasteiger partial charge in [0.15, 0.2) is 18.9 Å². The lowest BCUT2D eigenvalue weighted by molar-refractivity contribution is -0.379. The van der Waals surface area contributed by atoms with Gasteiger partial charge in [0, 0.05) is 6.42 Å². The molecule has 17 unspecified atom stereocenters. The second-order valence-electron chi connectivity index (χ2n) is 26.1. The van der Waals surface area contributed by atoms with Crippen LogP contribution in [-0.4, -0.2) is 193 Å². The van der Waals surface area contributed by atoms with Crippen molar-refractivity contribution in [2.75, 3.05) is 26.4 Å². The molecule has 0 bridgehead atoms. The molecule has 0 aliphatic carbocycles. The second kappa shape index (κ2) is 52.5. The van der Waals surface area contributed by atoms with Crippen molar-refractivity contribution < 1.29 is 89.4 Å².